The zero-order chi connectivity index (χ0) is 14.2. The molecule has 0 radical (unpaired) electrons. The molecule has 4 heteroatoms. The van der Waals surface area contributed by atoms with Crippen LogP contribution < -0.4 is 15.2 Å². The quantitative estimate of drug-likeness (QED) is 0.787. The zero-order valence-corrected chi connectivity index (χ0v) is 11.7. The number of benzene rings is 1. The summed E-state index contributed by atoms with van der Waals surface area (Å²) in [5.41, 5.74) is 7.98. The van der Waals surface area contributed by atoms with E-state index in [0.29, 0.717) is 13.2 Å². The molecule has 0 atom stereocenters. The van der Waals surface area contributed by atoms with Gasteiger partial charge < -0.3 is 15.2 Å². The maximum atomic E-state index is 5.82. The van der Waals surface area contributed by atoms with Crippen LogP contribution in [-0.2, 0) is 13.0 Å². The van der Waals surface area contributed by atoms with Crippen molar-refractivity contribution in [3.8, 4) is 11.5 Å². The molecular weight excluding hydrogens is 252 g/mol. The van der Waals surface area contributed by atoms with Gasteiger partial charge in [0.1, 0.15) is 11.5 Å². The number of aromatic nitrogens is 1. The molecule has 0 unspecified atom stereocenters. The standard InChI is InChI=1S/C16H20N2O2/c1-19-15-5-4-14(12-17)16(11-15)20-10-2-3-13-6-8-18-9-7-13/h4-9,11H,2-3,10,12,17H2,1H3. The van der Waals surface area contributed by atoms with Gasteiger partial charge in [-0.3, -0.25) is 4.98 Å². The molecular formula is C16H20N2O2. The maximum Gasteiger partial charge on any atom is 0.127 e. The minimum absolute atomic E-state index is 0.462. The summed E-state index contributed by atoms with van der Waals surface area (Å²) in [6.45, 7) is 1.12. The third-order valence-electron chi connectivity index (χ3n) is 3.11. The van der Waals surface area contributed by atoms with E-state index >= 15 is 0 Å². The molecule has 4 nitrogen and oxygen atoms in total. The Balaban J connectivity index is 1.87. The third kappa shape index (κ3) is 3.96. The number of aryl methyl sites for hydroxylation is 1. The molecule has 1 heterocycles. The topological polar surface area (TPSA) is 57.4 Å². The Morgan fingerprint density at radius 2 is 1.95 bits per heavy atom. The van der Waals surface area contributed by atoms with Crippen LogP contribution in [0.5, 0.6) is 11.5 Å². The normalized spacial score (nSPS) is 10.3. The van der Waals surface area contributed by atoms with E-state index in [1.54, 1.807) is 7.11 Å². The predicted molar refractivity (Wildman–Crippen MR) is 78.9 cm³/mol. The minimum atomic E-state index is 0.462. The molecule has 1 aromatic carbocycles. The van der Waals surface area contributed by atoms with Crippen LogP contribution in [0.1, 0.15) is 17.5 Å². The first-order valence-electron chi connectivity index (χ1n) is 6.72. The van der Waals surface area contributed by atoms with Crippen molar-refractivity contribution in [2.24, 2.45) is 5.73 Å². The van der Waals surface area contributed by atoms with Crippen molar-refractivity contribution < 1.29 is 9.47 Å². The second kappa shape index (κ2) is 7.50. The van der Waals surface area contributed by atoms with Gasteiger partial charge in [0.2, 0.25) is 0 Å². The largest absolute Gasteiger partial charge is 0.497 e. The lowest BCUT2D eigenvalue weighted by Gasteiger charge is -2.12. The van der Waals surface area contributed by atoms with Gasteiger partial charge in [0.05, 0.1) is 13.7 Å². The smallest absolute Gasteiger partial charge is 0.127 e. The molecule has 106 valence electrons. The van der Waals surface area contributed by atoms with Gasteiger partial charge in [-0.05, 0) is 36.6 Å². The van der Waals surface area contributed by atoms with Crippen LogP contribution in [0.2, 0.25) is 0 Å². The fraction of sp³-hybridized carbons (Fsp3) is 0.312. The SMILES string of the molecule is COc1ccc(CN)c(OCCCc2ccncc2)c1. The summed E-state index contributed by atoms with van der Waals surface area (Å²) in [4.78, 5) is 4.00. The van der Waals surface area contributed by atoms with Crippen LogP contribution in [0.4, 0.5) is 0 Å². The van der Waals surface area contributed by atoms with E-state index in [9.17, 15) is 0 Å². The number of rotatable bonds is 7. The summed E-state index contributed by atoms with van der Waals surface area (Å²) in [6, 6.07) is 9.77. The Hall–Kier alpha value is -2.07. The highest BCUT2D eigenvalue weighted by Gasteiger charge is 2.04. The molecule has 0 aliphatic heterocycles. The molecule has 2 N–H and O–H groups in total. The molecule has 0 aliphatic carbocycles. The zero-order valence-electron chi connectivity index (χ0n) is 11.7. The minimum Gasteiger partial charge on any atom is -0.497 e. The van der Waals surface area contributed by atoms with Gasteiger partial charge in [-0.2, -0.15) is 0 Å². The summed E-state index contributed by atoms with van der Waals surface area (Å²) >= 11 is 0. The van der Waals surface area contributed by atoms with Gasteiger partial charge >= 0.3 is 0 Å². The molecule has 0 aliphatic rings. The van der Waals surface area contributed by atoms with Gasteiger partial charge in [-0.1, -0.05) is 6.07 Å². The van der Waals surface area contributed by atoms with E-state index in [1.165, 1.54) is 5.56 Å². The summed E-state index contributed by atoms with van der Waals surface area (Å²) in [5, 5.41) is 0. The van der Waals surface area contributed by atoms with E-state index in [0.717, 1.165) is 29.9 Å². The molecule has 0 fully saturated rings. The third-order valence-corrected chi connectivity index (χ3v) is 3.11. The average molecular weight is 272 g/mol. The van der Waals surface area contributed by atoms with E-state index < -0.39 is 0 Å². The van der Waals surface area contributed by atoms with Crippen molar-refractivity contribution in [3.05, 3.63) is 53.9 Å². The predicted octanol–water partition coefficient (Wildman–Crippen LogP) is 2.56. The maximum absolute atomic E-state index is 5.82. The molecule has 0 amide bonds. The number of pyridine rings is 1. The van der Waals surface area contributed by atoms with Gasteiger partial charge in [0.15, 0.2) is 0 Å². The van der Waals surface area contributed by atoms with Crippen LogP contribution in [0.25, 0.3) is 0 Å². The Morgan fingerprint density at radius 1 is 1.15 bits per heavy atom. The first-order valence-corrected chi connectivity index (χ1v) is 6.72. The highest BCUT2D eigenvalue weighted by Crippen LogP contribution is 2.24. The van der Waals surface area contributed by atoms with Crippen molar-refractivity contribution in [2.75, 3.05) is 13.7 Å². The van der Waals surface area contributed by atoms with Crippen LogP contribution >= 0.6 is 0 Å². The average Bonchev–Trinajstić information content (AvgIpc) is 2.52. The monoisotopic (exact) mass is 272 g/mol. The first kappa shape index (κ1) is 14.3. The lowest BCUT2D eigenvalue weighted by Crippen LogP contribution is -2.05. The molecule has 0 saturated carbocycles. The number of methoxy groups -OCH3 is 1. The molecule has 2 rings (SSSR count). The van der Waals surface area contributed by atoms with Crippen molar-refractivity contribution in [1.82, 2.24) is 4.98 Å². The second-order valence-corrected chi connectivity index (χ2v) is 4.49. The Kier molecular flexibility index (Phi) is 5.38. The number of nitrogens with two attached hydrogens (primary N) is 1. The molecule has 0 saturated heterocycles. The fourth-order valence-electron chi connectivity index (χ4n) is 1.97. The number of ether oxygens (including phenoxy) is 2. The molecule has 0 bridgehead atoms. The van der Waals surface area contributed by atoms with Gasteiger partial charge in [0, 0.05) is 30.6 Å². The van der Waals surface area contributed by atoms with E-state index in [1.807, 2.05) is 42.7 Å². The lowest BCUT2D eigenvalue weighted by molar-refractivity contribution is 0.305. The lowest BCUT2D eigenvalue weighted by atomic mass is 10.1. The molecule has 20 heavy (non-hydrogen) atoms. The first-order chi connectivity index (χ1) is 9.83. The van der Waals surface area contributed by atoms with E-state index in [-0.39, 0.29) is 0 Å². The van der Waals surface area contributed by atoms with E-state index in [2.05, 4.69) is 4.98 Å². The Bertz CT molecular complexity index is 529. The van der Waals surface area contributed by atoms with Gasteiger partial charge in [-0.15, -0.1) is 0 Å². The highest BCUT2D eigenvalue weighted by atomic mass is 16.5. The van der Waals surface area contributed by atoms with Crippen molar-refractivity contribution in [1.29, 1.82) is 0 Å². The molecule has 2 aromatic rings. The van der Waals surface area contributed by atoms with Gasteiger partial charge in [-0.25, -0.2) is 0 Å². The second-order valence-electron chi connectivity index (χ2n) is 4.49. The van der Waals surface area contributed by atoms with Crippen molar-refractivity contribution >= 4 is 0 Å². The number of nitrogens with zero attached hydrogens (tertiary/aromatic N) is 1. The number of hydrogen-bond acceptors (Lipinski definition) is 4. The highest BCUT2D eigenvalue weighted by molar-refractivity contribution is 5.40. The Labute approximate surface area is 119 Å². The number of hydrogen-bond donors (Lipinski definition) is 1. The van der Waals surface area contributed by atoms with Crippen LogP contribution in [0, 0.1) is 0 Å². The van der Waals surface area contributed by atoms with Crippen molar-refractivity contribution in [3.63, 3.8) is 0 Å². The van der Waals surface area contributed by atoms with Gasteiger partial charge in [0.25, 0.3) is 0 Å². The summed E-state index contributed by atoms with van der Waals surface area (Å²) in [7, 11) is 1.64. The molecule has 0 spiro atoms. The van der Waals surface area contributed by atoms with Crippen molar-refractivity contribution in [2.45, 2.75) is 19.4 Å². The molecule has 1 aromatic heterocycles. The Morgan fingerprint density at radius 3 is 2.65 bits per heavy atom. The fourth-order valence-corrected chi connectivity index (χ4v) is 1.97. The van der Waals surface area contributed by atoms with Crippen LogP contribution in [-0.4, -0.2) is 18.7 Å². The van der Waals surface area contributed by atoms with Crippen LogP contribution in [0.3, 0.4) is 0 Å². The summed E-state index contributed by atoms with van der Waals surface area (Å²) in [5.74, 6) is 1.59. The summed E-state index contributed by atoms with van der Waals surface area (Å²) < 4.78 is 11.0. The van der Waals surface area contributed by atoms with Crippen LogP contribution in [0.15, 0.2) is 42.7 Å². The van der Waals surface area contributed by atoms with E-state index in [4.69, 9.17) is 15.2 Å². The summed E-state index contributed by atoms with van der Waals surface area (Å²) in [6.07, 6.45) is 5.55.